The van der Waals surface area contributed by atoms with Gasteiger partial charge < -0.3 is 15.0 Å². The average molecular weight is 392 g/mol. The van der Waals surface area contributed by atoms with Crippen molar-refractivity contribution in [2.45, 2.75) is 24.8 Å². The Morgan fingerprint density at radius 2 is 2.08 bits per heavy atom. The molecule has 1 aromatic carbocycles. The first-order valence-electron chi connectivity index (χ1n) is 8.66. The van der Waals surface area contributed by atoms with Crippen LogP contribution in [0, 0.1) is 0 Å². The Kier molecular flexibility index (Phi) is 6.34. The maximum atomic E-state index is 12.4. The molecule has 0 aliphatic carbocycles. The highest BCUT2D eigenvalue weighted by atomic mass is 32.2. The predicted octanol–water partition coefficient (Wildman–Crippen LogP) is 2.23. The fraction of sp³-hybridized carbons (Fsp3) is 0.368. The highest BCUT2D eigenvalue weighted by Crippen LogP contribution is 2.35. The number of ether oxygens (including phenoxy) is 1. The number of fused-ring (bicyclic) bond motifs is 1. The molecule has 0 fully saturated rings. The highest BCUT2D eigenvalue weighted by Gasteiger charge is 2.30. The molecule has 5 nitrogen and oxygen atoms in total. The van der Waals surface area contributed by atoms with Gasteiger partial charge in [0.2, 0.25) is 5.91 Å². The number of hydrogen-bond acceptors (Lipinski definition) is 5. The summed E-state index contributed by atoms with van der Waals surface area (Å²) in [4.78, 5) is 28.4. The summed E-state index contributed by atoms with van der Waals surface area (Å²) in [5.74, 6) is -0.171. The minimum absolute atomic E-state index is 0.109. The minimum Gasteiger partial charge on any atom is -0.465 e. The summed E-state index contributed by atoms with van der Waals surface area (Å²) < 4.78 is 4.97. The van der Waals surface area contributed by atoms with Crippen LogP contribution in [0.15, 0.2) is 35.2 Å². The molecule has 0 radical (unpaired) electrons. The number of nitrogens with one attached hydrogen (secondary N) is 2. The van der Waals surface area contributed by atoms with Gasteiger partial charge in [-0.1, -0.05) is 18.2 Å². The molecule has 26 heavy (non-hydrogen) atoms. The molecule has 0 saturated heterocycles. The van der Waals surface area contributed by atoms with Gasteiger partial charge in [-0.05, 0) is 24.6 Å². The van der Waals surface area contributed by atoms with E-state index >= 15 is 0 Å². The van der Waals surface area contributed by atoms with E-state index < -0.39 is 0 Å². The molecule has 3 rings (SSSR count). The zero-order valence-electron chi connectivity index (χ0n) is 15.0. The third-order valence-electron chi connectivity index (χ3n) is 4.49. The van der Waals surface area contributed by atoms with Crippen LogP contribution in [-0.4, -0.2) is 37.8 Å². The topological polar surface area (TPSA) is 59.8 Å². The van der Waals surface area contributed by atoms with E-state index in [9.17, 15) is 9.59 Å². The number of quaternary nitrogens is 1. The first-order chi connectivity index (χ1) is 12.6. The standard InChI is InChI=1S/C19H22N2O3S2/c1-3-21-10-9-14-15(11-21)26-18(17(14)19(23)24-2)20-16(22)12-25-13-7-5-4-6-8-13/h4-8H,3,9-12H2,1-2H3,(H,20,22)/p+1. The van der Waals surface area contributed by atoms with Crippen LogP contribution in [0.2, 0.25) is 0 Å². The lowest BCUT2D eigenvalue weighted by atomic mass is 10.0. The van der Waals surface area contributed by atoms with Gasteiger partial charge in [0.15, 0.2) is 0 Å². The van der Waals surface area contributed by atoms with Crippen molar-refractivity contribution in [2.75, 3.05) is 31.3 Å². The van der Waals surface area contributed by atoms with Crippen molar-refractivity contribution in [1.29, 1.82) is 0 Å². The minimum atomic E-state index is -0.367. The molecule has 1 aliphatic heterocycles. The number of benzene rings is 1. The zero-order valence-corrected chi connectivity index (χ0v) is 16.6. The van der Waals surface area contributed by atoms with Gasteiger partial charge in [-0.15, -0.1) is 23.1 Å². The second-order valence-electron chi connectivity index (χ2n) is 6.13. The molecule has 138 valence electrons. The van der Waals surface area contributed by atoms with E-state index in [-0.39, 0.29) is 11.9 Å². The summed E-state index contributed by atoms with van der Waals surface area (Å²) in [5, 5.41) is 3.56. The van der Waals surface area contributed by atoms with Crippen LogP contribution in [0.1, 0.15) is 27.7 Å². The number of carbonyl (C=O) groups is 2. The van der Waals surface area contributed by atoms with E-state index in [1.165, 1.54) is 40.0 Å². The molecule has 2 N–H and O–H groups in total. The number of amides is 1. The van der Waals surface area contributed by atoms with Crippen molar-refractivity contribution in [2.24, 2.45) is 0 Å². The molecule has 1 aliphatic rings. The number of thiophene rings is 1. The molecule has 0 bridgehead atoms. The van der Waals surface area contributed by atoms with E-state index in [1.807, 2.05) is 30.3 Å². The van der Waals surface area contributed by atoms with Crippen molar-refractivity contribution in [3.05, 3.63) is 46.3 Å². The van der Waals surface area contributed by atoms with Gasteiger partial charge in [0.1, 0.15) is 11.5 Å². The first-order valence-corrected chi connectivity index (χ1v) is 10.5. The molecule has 0 saturated carbocycles. The highest BCUT2D eigenvalue weighted by molar-refractivity contribution is 8.00. The molecular weight excluding hydrogens is 368 g/mol. The zero-order chi connectivity index (χ0) is 18.5. The van der Waals surface area contributed by atoms with Crippen LogP contribution in [0.5, 0.6) is 0 Å². The van der Waals surface area contributed by atoms with Crippen LogP contribution in [-0.2, 0) is 22.5 Å². The van der Waals surface area contributed by atoms with Gasteiger partial charge in [0, 0.05) is 11.3 Å². The number of likely N-dealkylation sites (N-methyl/N-ethyl adjacent to an activating group) is 1. The van der Waals surface area contributed by atoms with E-state index in [2.05, 4.69) is 12.2 Å². The lowest BCUT2D eigenvalue weighted by Gasteiger charge is -2.22. The van der Waals surface area contributed by atoms with Gasteiger partial charge in [0.25, 0.3) is 0 Å². The summed E-state index contributed by atoms with van der Waals surface area (Å²) in [6.07, 6.45) is 0.841. The predicted molar refractivity (Wildman–Crippen MR) is 105 cm³/mol. The summed E-state index contributed by atoms with van der Waals surface area (Å²) in [6, 6.07) is 9.80. The summed E-state index contributed by atoms with van der Waals surface area (Å²) in [5.41, 5.74) is 1.59. The normalized spacial score (nSPS) is 16.0. The van der Waals surface area contributed by atoms with Crippen molar-refractivity contribution in [3.63, 3.8) is 0 Å². The molecule has 7 heteroatoms. The number of hydrogen-bond donors (Lipinski definition) is 2. The van der Waals surface area contributed by atoms with Gasteiger partial charge >= 0.3 is 5.97 Å². The molecule has 1 amide bonds. The number of thioether (sulfide) groups is 1. The fourth-order valence-electron chi connectivity index (χ4n) is 3.07. The van der Waals surface area contributed by atoms with Crippen LogP contribution in [0.3, 0.4) is 0 Å². The van der Waals surface area contributed by atoms with Crippen LogP contribution in [0.4, 0.5) is 5.00 Å². The van der Waals surface area contributed by atoms with Crippen molar-refractivity contribution in [3.8, 4) is 0 Å². The monoisotopic (exact) mass is 391 g/mol. The van der Waals surface area contributed by atoms with Crippen LogP contribution < -0.4 is 10.2 Å². The van der Waals surface area contributed by atoms with E-state index in [4.69, 9.17) is 4.74 Å². The maximum Gasteiger partial charge on any atom is 0.341 e. The molecule has 1 unspecified atom stereocenters. The van der Waals surface area contributed by atoms with Gasteiger partial charge in [-0.3, -0.25) is 4.79 Å². The Balaban J connectivity index is 1.75. The Hall–Kier alpha value is -1.83. The van der Waals surface area contributed by atoms with Gasteiger partial charge in [-0.25, -0.2) is 4.79 Å². The SMILES string of the molecule is CC[NH+]1CCc2c(sc(NC(=O)CSc3ccccc3)c2C(=O)OC)C1. The molecule has 0 spiro atoms. The number of esters is 1. The summed E-state index contributed by atoms with van der Waals surface area (Å²) in [6.45, 7) is 5.12. The van der Waals surface area contributed by atoms with Gasteiger partial charge in [-0.2, -0.15) is 0 Å². The second kappa shape index (κ2) is 8.70. The van der Waals surface area contributed by atoms with Crippen molar-refractivity contribution < 1.29 is 19.2 Å². The van der Waals surface area contributed by atoms with E-state index in [0.717, 1.165) is 36.5 Å². The Morgan fingerprint density at radius 3 is 2.77 bits per heavy atom. The van der Waals surface area contributed by atoms with Crippen LogP contribution in [0.25, 0.3) is 0 Å². The molecule has 1 atom stereocenters. The van der Waals surface area contributed by atoms with Crippen LogP contribution >= 0.6 is 23.1 Å². The lowest BCUT2D eigenvalue weighted by molar-refractivity contribution is -0.913. The quantitative estimate of drug-likeness (QED) is 0.586. The molecule has 2 heterocycles. The Morgan fingerprint density at radius 1 is 1.31 bits per heavy atom. The number of rotatable bonds is 6. The fourth-order valence-corrected chi connectivity index (χ4v) is 5.12. The molecule has 1 aromatic heterocycles. The first kappa shape index (κ1) is 18.9. The van der Waals surface area contributed by atoms with Crippen molar-refractivity contribution in [1.82, 2.24) is 0 Å². The number of methoxy groups -OCH3 is 1. The van der Waals surface area contributed by atoms with Crippen molar-refractivity contribution >= 4 is 40.0 Å². The third-order valence-corrected chi connectivity index (χ3v) is 6.64. The molecule has 2 aromatic rings. The number of anilines is 1. The maximum absolute atomic E-state index is 12.4. The van der Waals surface area contributed by atoms with E-state index in [0.29, 0.717) is 16.3 Å². The lowest BCUT2D eigenvalue weighted by Crippen LogP contribution is -3.11. The third kappa shape index (κ3) is 4.28. The Bertz CT molecular complexity index is 790. The summed E-state index contributed by atoms with van der Waals surface area (Å²) in [7, 11) is 1.38. The van der Waals surface area contributed by atoms with Gasteiger partial charge in [0.05, 0.1) is 36.4 Å². The Labute approximate surface area is 161 Å². The second-order valence-corrected chi connectivity index (χ2v) is 8.28. The largest absolute Gasteiger partial charge is 0.465 e. The smallest absolute Gasteiger partial charge is 0.341 e. The average Bonchev–Trinajstić information content (AvgIpc) is 3.03. The van der Waals surface area contributed by atoms with E-state index in [1.54, 1.807) is 0 Å². The number of carbonyl (C=O) groups excluding carboxylic acids is 2. The molecular formula is C19H23N2O3S2+. The summed E-state index contributed by atoms with van der Waals surface area (Å²) >= 11 is 2.99.